The number of aromatic amines is 1. The normalized spacial score (nSPS) is 10.7. The second kappa shape index (κ2) is 5.61. The first kappa shape index (κ1) is 12.5. The second-order valence-corrected chi connectivity index (χ2v) is 4.65. The van der Waals surface area contributed by atoms with Crippen LogP contribution in [0.15, 0.2) is 40.2 Å². The zero-order chi connectivity index (χ0) is 13.0. The van der Waals surface area contributed by atoms with E-state index in [0.717, 1.165) is 11.3 Å². The zero-order valence-corrected chi connectivity index (χ0v) is 10.6. The number of thiazole rings is 1. The third-order valence-corrected chi connectivity index (χ3v) is 3.24. The molecule has 0 saturated heterocycles. The Labute approximate surface area is 111 Å². The minimum Gasteiger partial charge on any atom is -0.303 e. The quantitative estimate of drug-likeness (QED) is 0.665. The maximum absolute atomic E-state index is 11.6. The summed E-state index contributed by atoms with van der Waals surface area (Å²) in [6, 6.07) is 8.68. The van der Waals surface area contributed by atoms with Gasteiger partial charge >= 0.3 is 4.87 Å². The molecule has 0 saturated carbocycles. The molecule has 1 aromatic heterocycles. The fourth-order valence-corrected chi connectivity index (χ4v) is 2.11. The number of nitrogens with one attached hydrogen (secondary N) is 2. The predicted octanol–water partition coefficient (Wildman–Crippen LogP) is 1.85. The number of hydrazone groups is 1. The molecule has 1 amide bonds. The number of aromatic nitrogens is 1. The first-order chi connectivity index (χ1) is 8.66. The van der Waals surface area contributed by atoms with Crippen molar-refractivity contribution in [2.24, 2.45) is 5.10 Å². The van der Waals surface area contributed by atoms with Gasteiger partial charge in [-0.15, -0.1) is 0 Å². The van der Waals surface area contributed by atoms with Crippen molar-refractivity contribution in [2.45, 2.75) is 0 Å². The summed E-state index contributed by atoms with van der Waals surface area (Å²) in [4.78, 5) is 25.2. The van der Waals surface area contributed by atoms with Crippen LogP contribution >= 0.6 is 22.9 Å². The number of halogens is 1. The fourth-order valence-electron chi connectivity index (χ4n) is 1.21. The first-order valence-electron chi connectivity index (χ1n) is 4.94. The SMILES string of the molecule is O=C(N/N=C/c1sc(=O)[nH]c1Cl)c1ccccc1. The largest absolute Gasteiger partial charge is 0.306 e. The molecule has 0 fully saturated rings. The predicted molar refractivity (Wildman–Crippen MR) is 71.5 cm³/mol. The molecule has 92 valence electrons. The fraction of sp³-hybridized carbons (Fsp3) is 0. The molecule has 5 nitrogen and oxygen atoms in total. The van der Waals surface area contributed by atoms with Gasteiger partial charge in [-0.3, -0.25) is 9.59 Å². The number of carbonyl (C=O) groups excluding carboxylic acids is 1. The Morgan fingerprint density at radius 3 is 2.72 bits per heavy atom. The zero-order valence-electron chi connectivity index (χ0n) is 9.01. The van der Waals surface area contributed by atoms with Crippen LogP contribution in [0.3, 0.4) is 0 Å². The van der Waals surface area contributed by atoms with Crippen molar-refractivity contribution in [2.75, 3.05) is 0 Å². The van der Waals surface area contributed by atoms with Crippen LogP contribution in [0.2, 0.25) is 5.15 Å². The van der Waals surface area contributed by atoms with Crippen LogP contribution in [0, 0.1) is 0 Å². The van der Waals surface area contributed by atoms with Gasteiger partial charge in [0.2, 0.25) is 0 Å². The van der Waals surface area contributed by atoms with Crippen LogP contribution in [-0.2, 0) is 0 Å². The summed E-state index contributed by atoms with van der Waals surface area (Å²) in [5, 5.41) is 3.95. The molecule has 0 unspecified atom stereocenters. The number of rotatable bonds is 3. The number of amides is 1. The molecule has 1 heterocycles. The average molecular weight is 282 g/mol. The lowest BCUT2D eigenvalue weighted by atomic mass is 10.2. The molecule has 0 bridgehead atoms. The van der Waals surface area contributed by atoms with E-state index in [1.807, 2.05) is 6.07 Å². The summed E-state index contributed by atoms with van der Waals surface area (Å²) >= 11 is 6.65. The van der Waals surface area contributed by atoms with Crippen molar-refractivity contribution < 1.29 is 4.79 Å². The summed E-state index contributed by atoms with van der Waals surface area (Å²) in [6.07, 6.45) is 1.33. The van der Waals surface area contributed by atoms with Crippen LogP contribution < -0.4 is 10.3 Å². The van der Waals surface area contributed by atoms with E-state index in [2.05, 4.69) is 15.5 Å². The van der Waals surface area contributed by atoms with Crippen molar-refractivity contribution in [3.8, 4) is 0 Å². The average Bonchev–Trinajstić information content (AvgIpc) is 2.69. The molecule has 0 aliphatic heterocycles. The molecule has 0 aliphatic rings. The Morgan fingerprint density at radius 2 is 2.11 bits per heavy atom. The van der Waals surface area contributed by atoms with E-state index in [1.54, 1.807) is 24.3 Å². The minimum absolute atomic E-state index is 0.211. The highest BCUT2D eigenvalue weighted by Gasteiger charge is 2.04. The Morgan fingerprint density at radius 1 is 1.39 bits per heavy atom. The highest BCUT2D eigenvalue weighted by Crippen LogP contribution is 2.11. The lowest BCUT2D eigenvalue weighted by Crippen LogP contribution is -2.17. The van der Waals surface area contributed by atoms with E-state index in [9.17, 15) is 9.59 Å². The van der Waals surface area contributed by atoms with Gasteiger partial charge in [-0.1, -0.05) is 41.1 Å². The van der Waals surface area contributed by atoms with Crippen molar-refractivity contribution >= 4 is 35.1 Å². The van der Waals surface area contributed by atoms with Gasteiger partial charge in [0.1, 0.15) is 5.15 Å². The number of hydrogen-bond donors (Lipinski definition) is 2. The molecule has 0 aliphatic carbocycles. The van der Waals surface area contributed by atoms with E-state index >= 15 is 0 Å². The Balaban J connectivity index is 2.02. The summed E-state index contributed by atoms with van der Waals surface area (Å²) in [5.41, 5.74) is 2.85. The number of nitrogens with zero attached hydrogens (tertiary/aromatic N) is 1. The molecule has 7 heteroatoms. The standard InChI is InChI=1S/C11H8ClN3O2S/c12-9-8(18-11(17)14-9)6-13-15-10(16)7-4-2-1-3-5-7/h1-6H,(H,14,17)(H,15,16)/b13-6+. The van der Waals surface area contributed by atoms with E-state index in [1.165, 1.54) is 6.21 Å². The van der Waals surface area contributed by atoms with Gasteiger partial charge in [0.15, 0.2) is 0 Å². The molecule has 0 atom stereocenters. The van der Waals surface area contributed by atoms with Gasteiger partial charge < -0.3 is 4.98 Å². The number of hydrogen-bond acceptors (Lipinski definition) is 4. The van der Waals surface area contributed by atoms with Gasteiger partial charge in [-0.25, -0.2) is 5.43 Å². The minimum atomic E-state index is -0.328. The summed E-state index contributed by atoms with van der Waals surface area (Å²) < 4.78 is 0. The van der Waals surface area contributed by atoms with E-state index < -0.39 is 0 Å². The maximum atomic E-state index is 11.6. The Kier molecular flexibility index (Phi) is 3.91. The highest BCUT2D eigenvalue weighted by molar-refractivity contribution is 7.11. The monoisotopic (exact) mass is 281 g/mol. The molecular formula is C11H8ClN3O2S. The van der Waals surface area contributed by atoms with Crippen LogP contribution in [0.5, 0.6) is 0 Å². The van der Waals surface area contributed by atoms with Crippen LogP contribution in [-0.4, -0.2) is 17.1 Å². The third kappa shape index (κ3) is 3.06. The number of benzene rings is 1. The molecule has 2 N–H and O–H groups in total. The summed E-state index contributed by atoms with van der Waals surface area (Å²) in [7, 11) is 0. The van der Waals surface area contributed by atoms with E-state index in [-0.39, 0.29) is 15.9 Å². The van der Waals surface area contributed by atoms with Gasteiger partial charge in [0, 0.05) is 5.56 Å². The first-order valence-corrected chi connectivity index (χ1v) is 6.13. The molecule has 1 aromatic carbocycles. The lowest BCUT2D eigenvalue weighted by molar-refractivity contribution is 0.0955. The number of carbonyl (C=O) groups is 1. The molecular weight excluding hydrogens is 274 g/mol. The van der Waals surface area contributed by atoms with Crippen LogP contribution in [0.25, 0.3) is 0 Å². The van der Waals surface area contributed by atoms with Crippen LogP contribution in [0.4, 0.5) is 0 Å². The lowest BCUT2D eigenvalue weighted by Gasteiger charge is -1.97. The van der Waals surface area contributed by atoms with Crippen molar-refractivity contribution in [1.29, 1.82) is 0 Å². The molecule has 0 spiro atoms. The topological polar surface area (TPSA) is 74.3 Å². The van der Waals surface area contributed by atoms with E-state index in [4.69, 9.17) is 11.6 Å². The molecule has 18 heavy (non-hydrogen) atoms. The van der Waals surface area contributed by atoms with Gasteiger partial charge in [-0.05, 0) is 12.1 Å². The summed E-state index contributed by atoms with van der Waals surface area (Å²) in [6.45, 7) is 0. The van der Waals surface area contributed by atoms with Crippen molar-refractivity contribution in [3.63, 3.8) is 0 Å². The highest BCUT2D eigenvalue weighted by atomic mass is 35.5. The smallest absolute Gasteiger partial charge is 0.303 e. The van der Waals surface area contributed by atoms with Gasteiger partial charge in [0.05, 0.1) is 11.1 Å². The number of H-pyrrole nitrogens is 1. The second-order valence-electron chi connectivity index (χ2n) is 3.26. The Bertz CT molecular complexity index is 633. The van der Waals surface area contributed by atoms with Crippen molar-refractivity contribution in [1.82, 2.24) is 10.4 Å². The van der Waals surface area contributed by atoms with Crippen molar-refractivity contribution in [3.05, 3.63) is 55.6 Å². The molecule has 0 radical (unpaired) electrons. The van der Waals surface area contributed by atoms with E-state index in [0.29, 0.717) is 10.4 Å². The Hall–Kier alpha value is -1.92. The summed E-state index contributed by atoms with van der Waals surface area (Å²) in [5.74, 6) is -0.328. The van der Waals surface area contributed by atoms with Gasteiger partial charge in [-0.2, -0.15) is 5.10 Å². The van der Waals surface area contributed by atoms with Gasteiger partial charge in [0.25, 0.3) is 5.91 Å². The molecule has 2 aromatic rings. The molecule has 2 rings (SSSR count). The third-order valence-electron chi connectivity index (χ3n) is 2.01. The maximum Gasteiger partial charge on any atom is 0.306 e. The van der Waals surface area contributed by atoms with Crippen LogP contribution in [0.1, 0.15) is 15.2 Å².